The first-order valence-electron chi connectivity index (χ1n) is 10.0. The lowest BCUT2D eigenvalue weighted by molar-refractivity contribution is -0.159. The maximum atomic E-state index is 13.3. The van der Waals surface area contributed by atoms with Gasteiger partial charge in [0.1, 0.15) is 0 Å². The molecule has 2 aliphatic heterocycles. The summed E-state index contributed by atoms with van der Waals surface area (Å²) in [6, 6.07) is 15.1. The number of piperidine rings is 1. The van der Waals surface area contributed by atoms with Gasteiger partial charge in [0.15, 0.2) is 0 Å². The van der Waals surface area contributed by atoms with E-state index < -0.39 is 12.1 Å². The molecule has 1 saturated heterocycles. The van der Waals surface area contributed by atoms with Crippen molar-refractivity contribution in [2.24, 2.45) is 0 Å². The van der Waals surface area contributed by atoms with Crippen LogP contribution >= 0.6 is 0 Å². The zero-order valence-electron chi connectivity index (χ0n) is 16.4. The summed E-state index contributed by atoms with van der Waals surface area (Å²) in [7, 11) is 0. The third kappa shape index (κ3) is 3.59. The first-order chi connectivity index (χ1) is 14.9. The van der Waals surface area contributed by atoms with Gasteiger partial charge in [0.2, 0.25) is 5.82 Å². The second-order valence-electron chi connectivity index (χ2n) is 7.80. The van der Waals surface area contributed by atoms with Gasteiger partial charge in [-0.2, -0.15) is 18.2 Å². The zero-order valence-corrected chi connectivity index (χ0v) is 16.4. The lowest BCUT2D eigenvalue weighted by Gasteiger charge is -2.38. The summed E-state index contributed by atoms with van der Waals surface area (Å²) in [5.41, 5.74) is 2.81. The van der Waals surface area contributed by atoms with Crippen LogP contribution in [0.2, 0.25) is 0 Å². The molecular weight excluding hydrogens is 409 g/mol. The molecular formula is C22H19F3N4O2. The van der Waals surface area contributed by atoms with E-state index in [0.717, 1.165) is 25.1 Å². The molecule has 1 N–H and O–H groups in total. The summed E-state index contributed by atoms with van der Waals surface area (Å²) < 4.78 is 42.6. The number of benzene rings is 2. The van der Waals surface area contributed by atoms with Gasteiger partial charge in [-0.3, -0.25) is 4.79 Å². The number of halogens is 3. The van der Waals surface area contributed by atoms with Crippen molar-refractivity contribution in [2.45, 2.75) is 31.1 Å². The van der Waals surface area contributed by atoms with Crippen molar-refractivity contribution < 1.29 is 22.5 Å². The largest absolute Gasteiger partial charge is 0.471 e. The molecule has 160 valence electrons. The number of aromatic nitrogens is 2. The third-order valence-electron chi connectivity index (χ3n) is 5.94. The molecule has 5 rings (SSSR count). The fourth-order valence-corrected chi connectivity index (χ4v) is 4.44. The third-order valence-corrected chi connectivity index (χ3v) is 5.94. The van der Waals surface area contributed by atoms with Crippen molar-refractivity contribution in [2.75, 3.05) is 13.1 Å². The van der Waals surface area contributed by atoms with Gasteiger partial charge in [-0.15, -0.1) is 0 Å². The number of nitrogens with zero attached hydrogens (tertiary/aromatic N) is 3. The lowest BCUT2D eigenvalue weighted by Crippen LogP contribution is -2.48. The number of amides is 1. The Bertz CT molecular complexity index is 1110. The molecule has 2 aliphatic rings. The second kappa shape index (κ2) is 7.49. The van der Waals surface area contributed by atoms with E-state index in [1.54, 1.807) is 18.2 Å². The number of hydrogen-bond acceptors (Lipinski definition) is 5. The average Bonchev–Trinajstić information content (AvgIpc) is 3.40. The van der Waals surface area contributed by atoms with E-state index in [4.69, 9.17) is 0 Å². The van der Waals surface area contributed by atoms with Crippen molar-refractivity contribution in [3.8, 4) is 11.4 Å². The molecule has 1 aromatic heterocycles. The molecule has 0 bridgehead atoms. The van der Waals surface area contributed by atoms with Gasteiger partial charge in [0, 0.05) is 36.2 Å². The maximum absolute atomic E-state index is 13.3. The van der Waals surface area contributed by atoms with E-state index in [1.807, 2.05) is 23.1 Å². The van der Waals surface area contributed by atoms with Gasteiger partial charge < -0.3 is 14.7 Å². The van der Waals surface area contributed by atoms with Crippen LogP contribution in [0, 0.1) is 0 Å². The maximum Gasteiger partial charge on any atom is 0.471 e. The highest BCUT2D eigenvalue weighted by Gasteiger charge is 2.40. The number of hydrogen-bond donors (Lipinski definition) is 1. The number of nitrogens with one attached hydrogen (secondary N) is 1. The summed E-state index contributed by atoms with van der Waals surface area (Å²) in [6.07, 6.45) is -3.89. The Morgan fingerprint density at radius 3 is 2.68 bits per heavy atom. The van der Waals surface area contributed by atoms with Gasteiger partial charge in [-0.05, 0) is 30.2 Å². The summed E-state index contributed by atoms with van der Waals surface area (Å²) >= 11 is 0. The molecule has 0 saturated carbocycles. The van der Waals surface area contributed by atoms with Crippen LogP contribution in [0.15, 0.2) is 53.1 Å². The summed E-state index contributed by atoms with van der Waals surface area (Å²) in [5, 5.41) is 6.84. The van der Waals surface area contributed by atoms with Crippen LogP contribution in [0.3, 0.4) is 0 Å². The molecule has 3 heterocycles. The molecule has 1 amide bonds. The van der Waals surface area contributed by atoms with E-state index in [0.29, 0.717) is 17.7 Å². The van der Waals surface area contributed by atoms with Crippen molar-refractivity contribution in [1.82, 2.24) is 20.4 Å². The minimum atomic E-state index is -4.71. The minimum Gasteiger partial charge on any atom is -0.331 e. The predicted molar refractivity (Wildman–Crippen MR) is 105 cm³/mol. The first-order valence-corrected chi connectivity index (χ1v) is 10.0. The standard InChI is InChI=1S/C22H19F3N4O2/c23-22(24,25)21-27-19(28-31-21)14-6-7-15-12-29(20(30)16(15)10-14)18-8-9-26-11-17(18)13-4-2-1-3-5-13/h1-7,10,17-18,26H,8-9,11-12H2/t17-,18+/m1/s1. The smallest absolute Gasteiger partial charge is 0.331 e. The van der Waals surface area contributed by atoms with Gasteiger partial charge in [-0.1, -0.05) is 47.6 Å². The fraction of sp³-hybridized carbons (Fsp3) is 0.318. The molecule has 9 heteroatoms. The number of carbonyl (C=O) groups excluding carboxylic acids is 1. The Balaban J connectivity index is 1.43. The number of carbonyl (C=O) groups is 1. The van der Waals surface area contributed by atoms with Crippen molar-refractivity contribution >= 4 is 5.91 Å². The molecule has 2 atom stereocenters. The Hall–Kier alpha value is -3.20. The highest BCUT2D eigenvalue weighted by molar-refractivity contribution is 5.99. The highest BCUT2D eigenvalue weighted by atomic mass is 19.4. The van der Waals surface area contributed by atoms with Crippen LogP contribution in [-0.4, -0.2) is 40.1 Å². The Morgan fingerprint density at radius 1 is 1.13 bits per heavy atom. The van der Waals surface area contributed by atoms with Crippen LogP contribution in [-0.2, 0) is 12.7 Å². The van der Waals surface area contributed by atoms with Crippen molar-refractivity contribution in [1.29, 1.82) is 0 Å². The minimum absolute atomic E-state index is 0.0361. The van der Waals surface area contributed by atoms with Crippen molar-refractivity contribution in [3.63, 3.8) is 0 Å². The quantitative estimate of drug-likeness (QED) is 0.686. The number of fused-ring (bicyclic) bond motifs is 1. The molecule has 31 heavy (non-hydrogen) atoms. The summed E-state index contributed by atoms with van der Waals surface area (Å²) in [4.78, 5) is 18.6. The first kappa shape index (κ1) is 19.7. The zero-order chi connectivity index (χ0) is 21.6. The second-order valence-corrected chi connectivity index (χ2v) is 7.80. The molecule has 0 aliphatic carbocycles. The van der Waals surface area contributed by atoms with E-state index >= 15 is 0 Å². The van der Waals surface area contributed by atoms with Crippen LogP contribution < -0.4 is 5.32 Å². The van der Waals surface area contributed by atoms with Crippen LogP contribution in [0.5, 0.6) is 0 Å². The number of alkyl halides is 3. The topological polar surface area (TPSA) is 71.3 Å². The molecule has 2 aromatic carbocycles. The molecule has 0 unspecified atom stereocenters. The average molecular weight is 428 g/mol. The van der Waals surface area contributed by atoms with Crippen molar-refractivity contribution in [3.05, 3.63) is 71.1 Å². The predicted octanol–water partition coefficient (Wildman–Crippen LogP) is 3.86. The number of rotatable bonds is 3. The van der Waals surface area contributed by atoms with E-state index in [1.165, 1.54) is 5.56 Å². The Labute approximate surface area is 176 Å². The molecule has 3 aromatic rings. The monoisotopic (exact) mass is 428 g/mol. The fourth-order valence-electron chi connectivity index (χ4n) is 4.44. The molecule has 6 nitrogen and oxygen atoms in total. The van der Waals surface area contributed by atoms with Gasteiger partial charge in [0.25, 0.3) is 5.91 Å². The van der Waals surface area contributed by atoms with Crippen LogP contribution in [0.4, 0.5) is 13.2 Å². The van der Waals surface area contributed by atoms with E-state index in [-0.39, 0.29) is 23.7 Å². The van der Waals surface area contributed by atoms with Gasteiger partial charge in [0.05, 0.1) is 0 Å². The summed E-state index contributed by atoms with van der Waals surface area (Å²) in [6.45, 7) is 2.08. The molecule has 1 fully saturated rings. The Morgan fingerprint density at radius 2 is 1.94 bits per heavy atom. The highest BCUT2D eigenvalue weighted by Crippen LogP contribution is 2.36. The Kier molecular flexibility index (Phi) is 4.77. The van der Waals surface area contributed by atoms with E-state index in [9.17, 15) is 18.0 Å². The SMILES string of the molecule is O=C1c2cc(-c3noc(C(F)(F)F)n3)ccc2CN1[C@H]1CCNC[C@@H]1c1ccccc1. The van der Waals surface area contributed by atoms with E-state index in [2.05, 4.69) is 32.1 Å². The summed E-state index contributed by atoms with van der Waals surface area (Å²) in [5.74, 6) is -1.55. The lowest BCUT2D eigenvalue weighted by atomic mass is 9.86. The van der Waals surface area contributed by atoms with Gasteiger partial charge in [-0.25, -0.2) is 0 Å². The molecule has 0 spiro atoms. The van der Waals surface area contributed by atoms with Crippen LogP contribution in [0.1, 0.15) is 39.7 Å². The van der Waals surface area contributed by atoms with Crippen LogP contribution in [0.25, 0.3) is 11.4 Å². The molecule has 0 radical (unpaired) electrons. The van der Waals surface area contributed by atoms with Gasteiger partial charge >= 0.3 is 12.1 Å². The normalized spacial score (nSPS) is 21.4.